The Balaban J connectivity index is 1.27. The summed E-state index contributed by atoms with van der Waals surface area (Å²) < 4.78 is 5.29. The smallest absolute Gasteiger partial charge is 0.273 e. The van der Waals surface area contributed by atoms with Crippen molar-refractivity contribution in [2.75, 3.05) is 19.6 Å². The molecule has 1 amide bonds. The van der Waals surface area contributed by atoms with Gasteiger partial charge in [0.1, 0.15) is 0 Å². The van der Waals surface area contributed by atoms with Gasteiger partial charge >= 0.3 is 0 Å². The molecule has 2 aromatic heterocycles. The van der Waals surface area contributed by atoms with Crippen LogP contribution in [0.15, 0.2) is 35.1 Å². The highest BCUT2D eigenvalue weighted by Crippen LogP contribution is 2.26. The predicted molar refractivity (Wildman–Crippen MR) is 98.6 cm³/mol. The van der Waals surface area contributed by atoms with E-state index in [2.05, 4.69) is 20.4 Å². The molecule has 1 N–H and O–H groups in total. The van der Waals surface area contributed by atoms with Crippen molar-refractivity contribution >= 4 is 5.91 Å². The number of amides is 1. The molecule has 1 aliphatic heterocycles. The third-order valence-electron chi connectivity index (χ3n) is 5.60. The molecule has 1 saturated heterocycles. The van der Waals surface area contributed by atoms with Gasteiger partial charge in [-0.2, -0.15) is 0 Å². The van der Waals surface area contributed by atoms with Gasteiger partial charge in [0.25, 0.3) is 5.91 Å². The molecule has 0 aromatic carbocycles. The van der Waals surface area contributed by atoms with Crippen LogP contribution in [0, 0.1) is 5.92 Å². The average Bonchev–Trinajstić information content (AvgIpc) is 3.36. The third kappa shape index (κ3) is 4.12. The molecule has 4 rings (SSSR count). The molecular weight excluding hydrogens is 328 g/mol. The number of hydrogen-bond donors (Lipinski definition) is 1. The van der Waals surface area contributed by atoms with E-state index in [1.165, 1.54) is 32.2 Å². The van der Waals surface area contributed by atoms with E-state index in [1.54, 1.807) is 18.5 Å². The van der Waals surface area contributed by atoms with Gasteiger partial charge in [0, 0.05) is 49.7 Å². The Labute approximate surface area is 154 Å². The summed E-state index contributed by atoms with van der Waals surface area (Å²) in [5.74, 6) is 1.30. The van der Waals surface area contributed by atoms with Gasteiger partial charge in [-0.25, -0.2) is 0 Å². The fourth-order valence-corrected chi connectivity index (χ4v) is 4.10. The lowest BCUT2D eigenvalue weighted by Crippen LogP contribution is -2.45. The standard InChI is InChI=1S/C20H26N4O2/c25-20(18-12-19(26-23-18)16-6-3-9-21-13-16)22-17-7-10-24(11-8-17)14-15-4-1-2-5-15/h3,6,9,12-13,15,17H,1-2,4-5,7-8,10-11,14H2,(H,22,25). The summed E-state index contributed by atoms with van der Waals surface area (Å²) in [4.78, 5) is 19.1. The number of carbonyl (C=O) groups is 1. The topological polar surface area (TPSA) is 71.3 Å². The lowest BCUT2D eigenvalue weighted by Gasteiger charge is -2.33. The summed E-state index contributed by atoms with van der Waals surface area (Å²) in [6.07, 6.45) is 11.0. The Bertz CT molecular complexity index is 716. The highest BCUT2D eigenvalue weighted by atomic mass is 16.5. The van der Waals surface area contributed by atoms with E-state index in [-0.39, 0.29) is 11.9 Å². The van der Waals surface area contributed by atoms with Crippen LogP contribution in [-0.2, 0) is 0 Å². The first-order valence-corrected chi connectivity index (χ1v) is 9.68. The van der Waals surface area contributed by atoms with Crippen LogP contribution in [0.25, 0.3) is 11.3 Å². The number of piperidine rings is 1. The Hall–Kier alpha value is -2.21. The van der Waals surface area contributed by atoms with Crippen LogP contribution in [0.3, 0.4) is 0 Å². The normalized spacial score (nSPS) is 19.7. The van der Waals surface area contributed by atoms with Crippen LogP contribution >= 0.6 is 0 Å². The number of likely N-dealkylation sites (tertiary alicyclic amines) is 1. The van der Waals surface area contributed by atoms with Crippen LogP contribution in [0.2, 0.25) is 0 Å². The quantitative estimate of drug-likeness (QED) is 0.893. The van der Waals surface area contributed by atoms with Crippen LogP contribution in [-0.4, -0.2) is 46.6 Å². The van der Waals surface area contributed by atoms with E-state index < -0.39 is 0 Å². The summed E-state index contributed by atoms with van der Waals surface area (Å²) in [5.41, 5.74) is 1.15. The maximum Gasteiger partial charge on any atom is 0.273 e. The van der Waals surface area contributed by atoms with Gasteiger partial charge in [0.05, 0.1) is 0 Å². The first-order valence-electron chi connectivity index (χ1n) is 9.68. The number of rotatable bonds is 5. The number of carbonyl (C=O) groups excluding carboxylic acids is 1. The minimum Gasteiger partial charge on any atom is -0.355 e. The van der Waals surface area contributed by atoms with Gasteiger partial charge in [-0.3, -0.25) is 9.78 Å². The van der Waals surface area contributed by atoms with Crippen molar-refractivity contribution in [3.05, 3.63) is 36.3 Å². The minimum atomic E-state index is -0.155. The maximum atomic E-state index is 12.5. The summed E-state index contributed by atoms with van der Waals surface area (Å²) in [5, 5.41) is 7.03. The van der Waals surface area contributed by atoms with E-state index in [0.717, 1.165) is 37.4 Å². The molecule has 2 aliphatic rings. The van der Waals surface area contributed by atoms with Crippen molar-refractivity contribution < 1.29 is 9.32 Å². The average molecular weight is 354 g/mol. The van der Waals surface area contributed by atoms with Gasteiger partial charge in [0.15, 0.2) is 11.5 Å². The molecule has 2 fully saturated rings. The number of hydrogen-bond acceptors (Lipinski definition) is 5. The molecular formula is C20H26N4O2. The van der Waals surface area contributed by atoms with E-state index in [4.69, 9.17) is 4.52 Å². The van der Waals surface area contributed by atoms with E-state index in [1.807, 2.05) is 12.1 Å². The molecule has 138 valence electrons. The van der Waals surface area contributed by atoms with Gasteiger partial charge in [-0.1, -0.05) is 18.0 Å². The fourth-order valence-electron chi connectivity index (χ4n) is 4.10. The third-order valence-corrected chi connectivity index (χ3v) is 5.60. The molecule has 3 heterocycles. The molecule has 1 saturated carbocycles. The summed E-state index contributed by atoms with van der Waals surface area (Å²) in [6.45, 7) is 3.38. The van der Waals surface area contributed by atoms with Crippen molar-refractivity contribution in [1.29, 1.82) is 0 Å². The first-order chi connectivity index (χ1) is 12.8. The number of pyridine rings is 1. The zero-order chi connectivity index (χ0) is 17.8. The molecule has 0 atom stereocenters. The molecule has 0 spiro atoms. The maximum absolute atomic E-state index is 12.5. The second-order valence-corrected chi connectivity index (χ2v) is 7.52. The van der Waals surface area contributed by atoms with Crippen molar-refractivity contribution in [3.8, 4) is 11.3 Å². The summed E-state index contributed by atoms with van der Waals surface area (Å²) in [6, 6.07) is 5.62. The zero-order valence-corrected chi connectivity index (χ0v) is 15.1. The highest BCUT2D eigenvalue weighted by molar-refractivity contribution is 5.93. The fraction of sp³-hybridized carbons (Fsp3) is 0.550. The monoisotopic (exact) mass is 354 g/mol. The van der Waals surface area contributed by atoms with Crippen molar-refractivity contribution in [2.24, 2.45) is 5.92 Å². The summed E-state index contributed by atoms with van der Waals surface area (Å²) in [7, 11) is 0. The van der Waals surface area contributed by atoms with E-state index >= 15 is 0 Å². The highest BCUT2D eigenvalue weighted by Gasteiger charge is 2.25. The Morgan fingerprint density at radius 2 is 2.04 bits per heavy atom. The molecule has 6 nitrogen and oxygen atoms in total. The molecule has 1 aliphatic carbocycles. The van der Waals surface area contributed by atoms with E-state index in [0.29, 0.717) is 11.5 Å². The van der Waals surface area contributed by atoms with Crippen LogP contribution < -0.4 is 5.32 Å². The summed E-state index contributed by atoms with van der Waals surface area (Å²) >= 11 is 0. The molecule has 26 heavy (non-hydrogen) atoms. The Morgan fingerprint density at radius 1 is 1.23 bits per heavy atom. The van der Waals surface area contributed by atoms with Crippen LogP contribution in [0.5, 0.6) is 0 Å². The van der Waals surface area contributed by atoms with Gasteiger partial charge in [0.2, 0.25) is 0 Å². The molecule has 6 heteroatoms. The van der Waals surface area contributed by atoms with Crippen LogP contribution in [0.1, 0.15) is 49.0 Å². The van der Waals surface area contributed by atoms with Crippen molar-refractivity contribution in [2.45, 2.75) is 44.6 Å². The minimum absolute atomic E-state index is 0.155. The predicted octanol–water partition coefficient (Wildman–Crippen LogP) is 3.12. The van der Waals surface area contributed by atoms with Crippen molar-refractivity contribution in [1.82, 2.24) is 20.4 Å². The Kier molecular flexibility index (Phi) is 5.29. The second kappa shape index (κ2) is 7.99. The van der Waals surface area contributed by atoms with Crippen molar-refractivity contribution in [3.63, 3.8) is 0 Å². The van der Waals surface area contributed by atoms with Gasteiger partial charge in [-0.05, 0) is 43.7 Å². The SMILES string of the molecule is O=C(NC1CCN(CC2CCCC2)CC1)c1cc(-c2cccnc2)on1. The van der Waals surface area contributed by atoms with Crippen LogP contribution in [0.4, 0.5) is 0 Å². The molecule has 0 radical (unpaired) electrons. The van der Waals surface area contributed by atoms with E-state index in [9.17, 15) is 4.79 Å². The lowest BCUT2D eigenvalue weighted by atomic mass is 10.0. The number of nitrogens with one attached hydrogen (secondary N) is 1. The Morgan fingerprint density at radius 3 is 2.77 bits per heavy atom. The van der Waals surface area contributed by atoms with Gasteiger partial charge in [-0.15, -0.1) is 0 Å². The molecule has 0 unspecified atom stereocenters. The largest absolute Gasteiger partial charge is 0.355 e. The molecule has 2 aromatic rings. The van der Waals surface area contributed by atoms with Gasteiger partial charge < -0.3 is 14.7 Å². The number of aromatic nitrogens is 2. The lowest BCUT2D eigenvalue weighted by molar-refractivity contribution is 0.0897. The zero-order valence-electron chi connectivity index (χ0n) is 15.1. The second-order valence-electron chi connectivity index (χ2n) is 7.52. The number of nitrogens with zero attached hydrogens (tertiary/aromatic N) is 3. The molecule has 0 bridgehead atoms. The first kappa shape index (κ1) is 17.2.